The number of likely N-dealkylation sites (tertiary alicyclic amines) is 1. The van der Waals surface area contributed by atoms with Crippen LogP contribution in [0.3, 0.4) is 0 Å². The Kier molecular flexibility index (Phi) is 8.51. The molecule has 0 aromatic heterocycles. The molecule has 1 aromatic rings. The highest BCUT2D eigenvalue weighted by Gasteiger charge is 2.19. The predicted octanol–water partition coefficient (Wildman–Crippen LogP) is 5.76. The average molecular weight is 372 g/mol. The number of nitrogens with zero attached hydrogens (tertiary/aromatic N) is 1. The molecule has 1 aliphatic heterocycles. The number of rotatable bonds is 11. The zero-order chi connectivity index (χ0) is 18.7. The van der Waals surface area contributed by atoms with Crippen LogP contribution < -0.4 is 4.74 Å². The van der Waals surface area contributed by atoms with E-state index in [2.05, 4.69) is 24.3 Å². The monoisotopic (exact) mass is 371 g/mol. The van der Waals surface area contributed by atoms with Crippen LogP contribution in [0.5, 0.6) is 5.75 Å². The van der Waals surface area contributed by atoms with Gasteiger partial charge in [0.15, 0.2) is 0 Å². The lowest BCUT2D eigenvalue weighted by Gasteiger charge is -2.30. The lowest BCUT2D eigenvalue weighted by Crippen LogP contribution is -2.41. The van der Waals surface area contributed by atoms with E-state index in [0.29, 0.717) is 12.3 Å². The van der Waals surface area contributed by atoms with E-state index in [1.165, 1.54) is 63.4 Å². The van der Waals surface area contributed by atoms with Crippen molar-refractivity contribution in [2.45, 2.75) is 83.5 Å². The molecule has 2 aliphatic rings. The third-order valence-electron chi connectivity index (χ3n) is 6.21. The lowest BCUT2D eigenvalue weighted by atomic mass is 9.86. The second-order valence-corrected chi connectivity index (χ2v) is 8.44. The number of hydrogen-bond donors (Lipinski definition) is 0. The van der Waals surface area contributed by atoms with E-state index in [9.17, 15) is 4.79 Å². The molecular formula is C24H37NO2. The van der Waals surface area contributed by atoms with Crippen LogP contribution in [0.15, 0.2) is 24.3 Å². The molecule has 1 aromatic carbocycles. The smallest absolute Gasteiger partial charge is 0.222 e. The van der Waals surface area contributed by atoms with Gasteiger partial charge >= 0.3 is 0 Å². The van der Waals surface area contributed by atoms with Crippen LogP contribution in [0.2, 0.25) is 0 Å². The minimum absolute atomic E-state index is 0.339. The molecule has 0 unspecified atom stereocenters. The van der Waals surface area contributed by atoms with Gasteiger partial charge in [0.25, 0.3) is 0 Å². The molecule has 3 nitrogen and oxygen atoms in total. The summed E-state index contributed by atoms with van der Waals surface area (Å²) >= 11 is 0. The first-order chi connectivity index (χ1) is 13.3. The summed E-state index contributed by atoms with van der Waals surface area (Å²) in [5.74, 6) is 2.32. The molecule has 0 N–H and O–H groups in total. The third-order valence-corrected chi connectivity index (χ3v) is 6.21. The van der Waals surface area contributed by atoms with E-state index in [1.54, 1.807) is 0 Å². The van der Waals surface area contributed by atoms with Crippen molar-refractivity contribution < 1.29 is 9.53 Å². The molecule has 1 aliphatic carbocycles. The molecule has 27 heavy (non-hydrogen) atoms. The summed E-state index contributed by atoms with van der Waals surface area (Å²) in [6.07, 6.45) is 16.1. The lowest BCUT2D eigenvalue weighted by molar-refractivity contribution is -0.134. The number of aryl methyl sites for hydroxylation is 1. The fourth-order valence-electron chi connectivity index (χ4n) is 4.32. The molecule has 0 atom stereocenters. The summed E-state index contributed by atoms with van der Waals surface area (Å²) in [5, 5.41) is 0. The number of amides is 1. The first-order valence-electron chi connectivity index (χ1n) is 11.3. The number of carbonyl (C=O) groups is 1. The molecule has 3 rings (SSSR count). The fourth-order valence-corrected chi connectivity index (χ4v) is 4.32. The minimum Gasteiger partial charge on any atom is -0.494 e. The van der Waals surface area contributed by atoms with Crippen molar-refractivity contribution >= 4 is 5.91 Å². The van der Waals surface area contributed by atoms with Crippen LogP contribution in [-0.4, -0.2) is 30.5 Å². The van der Waals surface area contributed by atoms with Crippen molar-refractivity contribution in [3.8, 4) is 5.75 Å². The maximum atomic E-state index is 11.9. The predicted molar refractivity (Wildman–Crippen MR) is 111 cm³/mol. The van der Waals surface area contributed by atoms with Gasteiger partial charge in [-0.05, 0) is 62.1 Å². The van der Waals surface area contributed by atoms with Gasteiger partial charge in [0.05, 0.1) is 6.61 Å². The topological polar surface area (TPSA) is 29.5 Å². The molecule has 3 heteroatoms. The van der Waals surface area contributed by atoms with Crippen molar-refractivity contribution in [1.82, 2.24) is 4.90 Å². The van der Waals surface area contributed by atoms with Gasteiger partial charge < -0.3 is 9.64 Å². The second kappa shape index (κ2) is 11.4. The Morgan fingerprint density at radius 2 is 1.85 bits per heavy atom. The number of benzene rings is 1. The summed E-state index contributed by atoms with van der Waals surface area (Å²) in [5.41, 5.74) is 1.33. The van der Waals surface area contributed by atoms with E-state index in [0.717, 1.165) is 50.6 Å². The first kappa shape index (κ1) is 20.2. The Labute approximate surface area is 165 Å². The summed E-state index contributed by atoms with van der Waals surface area (Å²) in [6, 6.07) is 8.52. The van der Waals surface area contributed by atoms with Crippen LogP contribution in [0.4, 0.5) is 0 Å². The Balaban J connectivity index is 1.26. The third kappa shape index (κ3) is 7.20. The highest BCUT2D eigenvalue weighted by Crippen LogP contribution is 2.27. The largest absolute Gasteiger partial charge is 0.494 e. The van der Waals surface area contributed by atoms with Gasteiger partial charge in [-0.2, -0.15) is 0 Å². The summed E-state index contributed by atoms with van der Waals surface area (Å²) in [6.45, 7) is 2.78. The average Bonchev–Trinajstić information content (AvgIpc) is 2.65. The van der Waals surface area contributed by atoms with Gasteiger partial charge in [-0.15, -0.1) is 0 Å². The van der Waals surface area contributed by atoms with Crippen LogP contribution in [-0.2, 0) is 11.2 Å². The van der Waals surface area contributed by atoms with E-state index >= 15 is 0 Å². The molecule has 0 bridgehead atoms. The van der Waals surface area contributed by atoms with Gasteiger partial charge in [-0.3, -0.25) is 4.79 Å². The molecular weight excluding hydrogens is 334 g/mol. The quantitative estimate of drug-likeness (QED) is 0.463. The first-order valence-corrected chi connectivity index (χ1v) is 11.3. The van der Waals surface area contributed by atoms with E-state index < -0.39 is 0 Å². The zero-order valence-corrected chi connectivity index (χ0v) is 17.0. The zero-order valence-electron chi connectivity index (χ0n) is 17.0. The maximum Gasteiger partial charge on any atom is 0.222 e. The van der Waals surface area contributed by atoms with E-state index in [4.69, 9.17) is 4.74 Å². The van der Waals surface area contributed by atoms with Crippen molar-refractivity contribution in [1.29, 1.82) is 0 Å². The van der Waals surface area contributed by atoms with E-state index in [-0.39, 0.29) is 0 Å². The summed E-state index contributed by atoms with van der Waals surface area (Å²) in [4.78, 5) is 13.8. The Morgan fingerprint density at radius 1 is 1.00 bits per heavy atom. The van der Waals surface area contributed by atoms with Crippen LogP contribution in [0.1, 0.15) is 82.6 Å². The standard InChI is InChI=1S/C24H37NO2/c26-24(25-17-9-18-25)16-5-4-13-22-14-8-15-23(20-22)27-19-7-6-12-21-10-2-1-3-11-21/h8,14-15,20-21H,1-7,9-13,16-19H2. The fraction of sp³-hybridized carbons (Fsp3) is 0.708. The molecule has 0 spiro atoms. The second-order valence-electron chi connectivity index (χ2n) is 8.44. The van der Waals surface area contributed by atoms with Crippen molar-refractivity contribution in [3.63, 3.8) is 0 Å². The normalized spacial score (nSPS) is 17.6. The van der Waals surface area contributed by atoms with Crippen molar-refractivity contribution in [2.75, 3.05) is 19.7 Å². The Hall–Kier alpha value is -1.51. The number of hydrogen-bond acceptors (Lipinski definition) is 2. The number of ether oxygens (including phenoxy) is 1. The SMILES string of the molecule is O=C(CCCCc1cccc(OCCCCC2CCCCC2)c1)N1CCC1. The Morgan fingerprint density at radius 3 is 2.63 bits per heavy atom. The molecule has 1 saturated heterocycles. The van der Waals surface area contributed by atoms with Crippen LogP contribution in [0, 0.1) is 5.92 Å². The summed E-state index contributed by atoms with van der Waals surface area (Å²) in [7, 11) is 0. The molecule has 1 saturated carbocycles. The molecule has 0 radical (unpaired) electrons. The van der Waals surface area contributed by atoms with Gasteiger partial charge in [-0.25, -0.2) is 0 Å². The highest BCUT2D eigenvalue weighted by atomic mass is 16.5. The number of carbonyl (C=O) groups excluding carboxylic acids is 1. The van der Waals surface area contributed by atoms with Crippen molar-refractivity contribution in [3.05, 3.63) is 29.8 Å². The molecule has 150 valence electrons. The van der Waals surface area contributed by atoms with Gasteiger partial charge in [-0.1, -0.05) is 50.7 Å². The van der Waals surface area contributed by atoms with E-state index in [1.807, 2.05) is 4.90 Å². The maximum absolute atomic E-state index is 11.9. The summed E-state index contributed by atoms with van der Waals surface area (Å²) < 4.78 is 5.97. The van der Waals surface area contributed by atoms with Crippen LogP contribution in [0.25, 0.3) is 0 Å². The minimum atomic E-state index is 0.339. The number of unbranched alkanes of at least 4 members (excludes halogenated alkanes) is 2. The highest BCUT2D eigenvalue weighted by molar-refractivity contribution is 5.76. The van der Waals surface area contributed by atoms with Crippen LogP contribution >= 0.6 is 0 Å². The Bertz CT molecular complexity index is 561. The van der Waals surface area contributed by atoms with Gasteiger partial charge in [0, 0.05) is 19.5 Å². The molecule has 1 heterocycles. The van der Waals surface area contributed by atoms with Gasteiger partial charge in [0.2, 0.25) is 5.91 Å². The van der Waals surface area contributed by atoms with Crippen molar-refractivity contribution in [2.24, 2.45) is 5.92 Å². The molecule has 2 fully saturated rings. The molecule has 1 amide bonds. The van der Waals surface area contributed by atoms with Gasteiger partial charge in [0.1, 0.15) is 5.75 Å².